The molecule has 1 rings (SSSR count). The van der Waals surface area contributed by atoms with E-state index in [0.717, 1.165) is 0 Å². The largest absolute Gasteiger partial charge is 0.391 e. The second-order valence-electron chi connectivity index (χ2n) is 6.91. The first kappa shape index (κ1) is 24.9. The van der Waals surface area contributed by atoms with E-state index in [9.17, 15) is 19.6 Å². The monoisotopic (exact) mass is 416 g/mol. The lowest BCUT2D eigenvalue weighted by atomic mass is 9.72. The zero-order valence-electron chi connectivity index (χ0n) is 16.9. The molecule has 10 nitrogen and oxygen atoms in total. The van der Waals surface area contributed by atoms with Gasteiger partial charge in [-0.1, -0.05) is 37.6 Å². The molecular weight excluding hydrogens is 388 g/mol. The number of rotatable bonds is 11. The Morgan fingerprint density at radius 2 is 1.93 bits per heavy atom. The molecule has 10 heteroatoms. The molecule has 1 aromatic rings. The standard InChI is InChI=1S/C20H28N6O4/c1-2-3-17(23)20(24,19(29)30-18(28)16(22)9-11-27)15(8-10-21)14-6-4-13(5-7-14)12-26-25/h4-7,11-12,15-17H,2-3,8-9,22-25H2,1H3. The van der Waals surface area contributed by atoms with Crippen LogP contribution in [0.15, 0.2) is 29.4 Å². The van der Waals surface area contributed by atoms with E-state index in [-0.39, 0.29) is 12.8 Å². The fourth-order valence-electron chi connectivity index (χ4n) is 3.11. The maximum Gasteiger partial charge on any atom is 0.336 e. The smallest absolute Gasteiger partial charge is 0.336 e. The fraction of sp³-hybridized carbons (Fsp3) is 0.450. The van der Waals surface area contributed by atoms with Gasteiger partial charge in [-0.05, 0) is 17.5 Å². The zero-order valence-corrected chi connectivity index (χ0v) is 16.9. The number of hydrazone groups is 1. The summed E-state index contributed by atoms with van der Waals surface area (Å²) >= 11 is 0. The predicted octanol–water partition coefficient (Wildman–Crippen LogP) is -0.213. The Bertz CT molecular complexity index is 805. The minimum atomic E-state index is -1.88. The topological polar surface area (TPSA) is 201 Å². The summed E-state index contributed by atoms with van der Waals surface area (Å²) in [5.74, 6) is 2.10. The van der Waals surface area contributed by atoms with Gasteiger partial charge in [0.15, 0.2) is 0 Å². The molecule has 0 aromatic heterocycles. The van der Waals surface area contributed by atoms with E-state index in [2.05, 4.69) is 5.10 Å². The van der Waals surface area contributed by atoms with Crippen molar-refractivity contribution in [1.29, 1.82) is 5.26 Å². The quantitative estimate of drug-likeness (QED) is 0.0939. The molecule has 0 saturated carbocycles. The van der Waals surface area contributed by atoms with E-state index in [1.165, 1.54) is 6.21 Å². The van der Waals surface area contributed by atoms with Crippen molar-refractivity contribution in [1.82, 2.24) is 0 Å². The molecule has 0 bridgehead atoms. The molecule has 8 N–H and O–H groups in total. The van der Waals surface area contributed by atoms with Crippen LogP contribution in [-0.2, 0) is 19.1 Å². The molecule has 0 saturated heterocycles. The number of hydrogen-bond acceptors (Lipinski definition) is 10. The molecule has 4 unspecified atom stereocenters. The second kappa shape index (κ2) is 11.8. The van der Waals surface area contributed by atoms with Gasteiger partial charge in [0, 0.05) is 24.8 Å². The van der Waals surface area contributed by atoms with Crippen LogP contribution in [0, 0.1) is 11.3 Å². The number of benzene rings is 1. The Morgan fingerprint density at radius 1 is 1.30 bits per heavy atom. The van der Waals surface area contributed by atoms with Crippen molar-refractivity contribution < 1.29 is 19.1 Å². The van der Waals surface area contributed by atoms with Crippen LogP contribution < -0.4 is 23.0 Å². The summed E-state index contributed by atoms with van der Waals surface area (Å²) < 4.78 is 4.89. The van der Waals surface area contributed by atoms with E-state index >= 15 is 0 Å². The van der Waals surface area contributed by atoms with E-state index in [1.54, 1.807) is 24.3 Å². The van der Waals surface area contributed by atoms with Crippen LogP contribution in [0.1, 0.15) is 49.7 Å². The van der Waals surface area contributed by atoms with Gasteiger partial charge in [-0.3, -0.25) is 0 Å². The van der Waals surface area contributed by atoms with E-state index in [4.69, 9.17) is 27.8 Å². The lowest BCUT2D eigenvalue weighted by Crippen LogP contribution is -2.65. The first-order valence-electron chi connectivity index (χ1n) is 9.46. The van der Waals surface area contributed by atoms with E-state index in [1.807, 2.05) is 13.0 Å². The average Bonchev–Trinajstić information content (AvgIpc) is 2.72. The zero-order chi connectivity index (χ0) is 22.7. The van der Waals surface area contributed by atoms with Gasteiger partial charge in [0.2, 0.25) is 0 Å². The molecule has 0 radical (unpaired) electrons. The molecule has 162 valence electrons. The van der Waals surface area contributed by atoms with Gasteiger partial charge in [-0.25, -0.2) is 9.59 Å². The van der Waals surface area contributed by atoms with E-state index < -0.39 is 35.5 Å². The van der Waals surface area contributed by atoms with Gasteiger partial charge in [-0.2, -0.15) is 10.4 Å². The summed E-state index contributed by atoms with van der Waals surface area (Å²) in [6.45, 7) is 1.86. The second-order valence-corrected chi connectivity index (χ2v) is 6.91. The Hall–Kier alpha value is -3.13. The minimum absolute atomic E-state index is 0.151. The number of carbonyl (C=O) groups excluding carboxylic acids is 3. The van der Waals surface area contributed by atoms with Gasteiger partial charge in [-0.15, -0.1) is 0 Å². The number of ether oxygens (including phenoxy) is 1. The highest BCUT2D eigenvalue weighted by Gasteiger charge is 2.49. The summed E-state index contributed by atoms with van der Waals surface area (Å²) in [7, 11) is 0. The van der Waals surface area contributed by atoms with Gasteiger partial charge in [0.25, 0.3) is 0 Å². The number of esters is 2. The van der Waals surface area contributed by atoms with Crippen molar-refractivity contribution in [2.24, 2.45) is 28.1 Å². The lowest BCUT2D eigenvalue weighted by Gasteiger charge is -2.39. The molecule has 0 fully saturated rings. The van der Waals surface area contributed by atoms with Gasteiger partial charge in [0.1, 0.15) is 17.9 Å². The minimum Gasteiger partial charge on any atom is -0.391 e. The Balaban J connectivity index is 3.38. The third kappa shape index (κ3) is 5.93. The van der Waals surface area contributed by atoms with Crippen LogP contribution in [0.5, 0.6) is 0 Å². The van der Waals surface area contributed by atoms with Crippen molar-refractivity contribution in [3.05, 3.63) is 35.4 Å². The highest BCUT2D eigenvalue weighted by molar-refractivity contribution is 5.95. The van der Waals surface area contributed by atoms with Crippen molar-refractivity contribution >= 4 is 24.4 Å². The number of hydrogen-bond donors (Lipinski definition) is 4. The maximum absolute atomic E-state index is 13.0. The number of nitrogens with zero attached hydrogens (tertiary/aromatic N) is 2. The molecule has 0 amide bonds. The normalized spacial score (nSPS) is 16.1. The SMILES string of the molecule is CCCC(N)C(N)(C(=O)OC(=O)C(N)CC=O)C(CC#N)c1ccc(C=NN)cc1. The summed E-state index contributed by atoms with van der Waals surface area (Å²) in [6, 6.07) is 6.53. The summed E-state index contributed by atoms with van der Waals surface area (Å²) in [5.41, 5.74) is 17.7. The van der Waals surface area contributed by atoms with Crippen molar-refractivity contribution in [2.45, 2.75) is 56.1 Å². The third-order valence-electron chi connectivity index (χ3n) is 4.85. The number of nitrogens with two attached hydrogens (primary N) is 4. The molecular formula is C20H28N6O4. The highest BCUT2D eigenvalue weighted by Crippen LogP contribution is 2.34. The number of aldehydes is 1. The molecule has 0 aliphatic carbocycles. The molecule has 0 aliphatic rings. The van der Waals surface area contributed by atoms with Crippen LogP contribution >= 0.6 is 0 Å². The van der Waals surface area contributed by atoms with Crippen LogP contribution in [0.2, 0.25) is 0 Å². The number of nitriles is 1. The Kier molecular flexibility index (Phi) is 9.77. The summed E-state index contributed by atoms with van der Waals surface area (Å²) in [5, 5.41) is 12.8. The maximum atomic E-state index is 13.0. The van der Waals surface area contributed by atoms with Crippen molar-refractivity contribution in [3.63, 3.8) is 0 Å². The highest BCUT2D eigenvalue weighted by atomic mass is 16.6. The molecule has 1 aromatic carbocycles. The molecule has 0 heterocycles. The Morgan fingerprint density at radius 3 is 2.43 bits per heavy atom. The van der Waals surface area contributed by atoms with Gasteiger partial charge in [0.05, 0.1) is 12.3 Å². The lowest BCUT2D eigenvalue weighted by molar-refractivity contribution is -0.166. The Labute approximate surface area is 175 Å². The van der Waals surface area contributed by atoms with Gasteiger partial charge >= 0.3 is 11.9 Å². The van der Waals surface area contributed by atoms with Crippen molar-refractivity contribution in [2.75, 3.05) is 0 Å². The molecule has 30 heavy (non-hydrogen) atoms. The number of carbonyl (C=O) groups is 3. The molecule has 0 aliphatic heterocycles. The van der Waals surface area contributed by atoms with Crippen LogP contribution in [0.3, 0.4) is 0 Å². The fourth-order valence-corrected chi connectivity index (χ4v) is 3.11. The van der Waals surface area contributed by atoms with Crippen LogP contribution in [-0.4, -0.2) is 42.1 Å². The van der Waals surface area contributed by atoms with Crippen molar-refractivity contribution in [3.8, 4) is 6.07 Å². The summed E-state index contributed by atoms with van der Waals surface area (Å²) in [4.78, 5) is 35.7. The summed E-state index contributed by atoms with van der Waals surface area (Å²) in [6.07, 6.45) is 2.37. The van der Waals surface area contributed by atoms with Crippen LogP contribution in [0.4, 0.5) is 0 Å². The van der Waals surface area contributed by atoms with Gasteiger partial charge < -0.3 is 32.6 Å². The molecule has 0 spiro atoms. The molecule has 4 atom stereocenters. The first-order valence-corrected chi connectivity index (χ1v) is 9.46. The third-order valence-corrected chi connectivity index (χ3v) is 4.85. The van der Waals surface area contributed by atoms with Crippen LogP contribution in [0.25, 0.3) is 0 Å². The average molecular weight is 416 g/mol. The first-order chi connectivity index (χ1) is 14.3. The van der Waals surface area contributed by atoms with E-state index in [0.29, 0.717) is 30.3 Å². The predicted molar refractivity (Wildman–Crippen MR) is 111 cm³/mol.